The molecule has 0 unspecified atom stereocenters. The zero-order chi connectivity index (χ0) is 23.3. The average Bonchev–Trinajstić information content (AvgIpc) is 3.24. The van der Waals surface area contributed by atoms with Crippen LogP contribution < -0.4 is 5.32 Å². The molecule has 0 radical (unpaired) electrons. The van der Waals surface area contributed by atoms with Crippen LogP contribution in [0.15, 0.2) is 65.6 Å². The molecule has 1 aromatic heterocycles. The van der Waals surface area contributed by atoms with E-state index < -0.39 is 10.0 Å². The fourth-order valence-corrected chi connectivity index (χ4v) is 7.37. The first kappa shape index (κ1) is 21.5. The minimum Gasteiger partial charge on any atom is -0.298 e. The van der Waals surface area contributed by atoms with Crippen molar-refractivity contribution in [1.29, 1.82) is 0 Å². The van der Waals surface area contributed by atoms with Gasteiger partial charge in [0.15, 0.2) is 5.13 Å². The van der Waals surface area contributed by atoms with E-state index in [4.69, 9.17) is 4.98 Å². The number of nitrogens with zero attached hydrogens (tertiary/aromatic N) is 2. The van der Waals surface area contributed by atoms with E-state index in [9.17, 15) is 13.2 Å². The monoisotopic (exact) mass is 489 g/mol. The lowest BCUT2D eigenvalue weighted by Gasteiger charge is -2.20. The molecule has 1 aliphatic carbocycles. The third kappa shape index (κ3) is 3.53. The van der Waals surface area contributed by atoms with Crippen molar-refractivity contribution >= 4 is 43.2 Å². The van der Waals surface area contributed by atoms with E-state index in [1.807, 2.05) is 12.1 Å². The van der Waals surface area contributed by atoms with E-state index in [1.165, 1.54) is 34.2 Å². The largest absolute Gasteiger partial charge is 0.298 e. The summed E-state index contributed by atoms with van der Waals surface area (Å²) in [5.74, 6) is -0.308. The molecule has 1 amide bonds. The van der Waals surface area contributed by atoms with E-state index in [-0.39, 0.29) is 10.8 Å². The highest BCUT2D eigenvalue weighted by atomic mass is 32.2. The molecule has 1 aliphatic heterocycles. The summed E-state index contributed by atoms with van der Waals surface area (Å²) in [5.41, 5.74) is 3.52. The fraction of sp³-hybridized carbons (Fsp3) is 0.231. The highest BCUT2D eigenvalue weighted by molar-refractivity contribution is 7.89. The number of amides is 1. The molecule has 4 aromatic rings. The molecule has 6 rings (SSSR count). The number of sulfonamides is 1. The average molecular weight is 490 g/mol. The Labute approximate surface area is 202 Å². The molecule has 1 fully saturated rings. The van der Waals surface area contributed by atoms with Gasteiger partial charge in [0, 0.05) is 29.8 Å². The minimum absolute atomic E-state index is 0.226. The number of thiazole rings is 1. The van der Waals surface area contributed by atoms with Crippen molar-refractivity contribution in [3.8, 4) is 21.7 Å². The van der Waals surface area contributed by atoms with E-state index in [0.717, 1.165) is 47.4 Å². The van der Waals surface area contributed by atoms with Gasteiger partial charge < -0.3 is 0 Å². The Morgan fingerprint density at radius 3 is 2.26 bits per heavy atom. The summed E-state index contributed by atoms with van der Waals surface area (Å²) < 4.78 is 27.5. The first-order chi connectivity index (χ1) is 16.5. The summed E-state index contributed by atoms with van der Waals surface area (Å²) in [6, 6.07) is 18.6. The van der Waals surface area contributed by atoms with Gasteiger partial charge in [-0.2, -0.15) is 4.31 Å². The van der Waals surface area contributed by atoms with Crippen molar-refractivity contribution in [2.24, 2.45) is 0 Å². The normalized spacial score (nSPS) is 15.8. The SMILES string of the molecule is O=C(Nc1nc2c(s1)-c1cccc3cccc-2c13)c1ccc(S(=O)(=O)N2CCCCCC2)cc1. The molecule has 8 heteroatoms. The molecule has 2 heterocycles. The number of nitrogens with one attached hydrogen (secondary N) is 1. The molecule has 172 valence electrons. The first-order valence-corrected chi connectivity index (χ1v) is 13.7. The van der Waals surface area contributed by atoms with Crippen LogP contribution in [0.1, 0.15) is 36.0 Å². The zero-order valence-electron chi connectivity index (χ0n) is 18.5. The third-order valence-electron chi connectivity index (χ3n) is 6.57. The van der Waals surface area contributed by atoms with Crippen molar-refractivity contribution in [3.63, 3.8) is 0 Å². The van der Waals surface area contributed by atoms with Crippen molar-refractivity contribution in [1.82, 2.24) is 9.29 Å². The maximum Gasteiger partial charge on any atom is 0.257 e. The standard InChI is InChI=1S/C26H23N3O3S2/c30-25(18-11-13-19(14-12-18)34(31,32)29-15-3-1-2-4-16-29)28-26-27-23-20-9-5-7-17-8-6-10-21(22(17)20)24(23)33-26/h5-14H,1-4,15-16H2,(H,27,28,30). The summed E-state index contributed by atoms with van der Waals surface area (Å²) >= 11 is 1.46. The van der Waals surface area contributed by atoms with Crippen molar-refractivity contribution in [2.75, 3.05) is 18.4 Å². The molecule has 6 nitrogen and oxygen atoms in total. The lowest BCUT2D eigenvalue weighted by atomic mass is 10.0. The molecule has 2 aliphatic rings. The highest BCUT2D eigenvalue weighted by Crippen LogP contribution is 2.50. The van der Waals surface area contributed by atoms with Gasteiger partial charge in [0.25, 0.3) is 5.91 Å². The number of rotatable bonds is 4. The van der Waals surface area contributed by atoms with E-state index in [1.54, 1.807) is 16.4 Å². The molecular weight excluding hydrogens is 466 g/mol. The maximum absolute atomic E-state index is 13.0. The highest BCUT2D eigenvalue weighted by Gasteiger charge is 2.27. The summed E-state index contributed by atoms with van der Waals surface area (Å²) in [6.45, 7) is 1.10. The molecule has 0 atom stereocenters. The topological polar surface area (TPSA) is 79.4 Å². The second-order valence-corrected chi connectivity index (χ2v) is 11.6. The lowest BCUT2D eigenvalue weighted by Crippen LogP contribution is -2.31. The number of aromatic nitrogens is 1. The predicted octanol–water partition coefficient (Wildman–Crippen LogP) is 5.76. The number of hydrogen-bond donors (Lipinski definition) is 1. The molecule has 0 saturated carbocycles. The summed E-state index contributed by atoms with van der Waals surface area (Å²) in [4.78, 5) is 18.9. The number of anilines is 1. The molecular formula is C26H23N3O3S2. The van der Waals surface area contributed by atoms with Gasteiger partial charge in [-0.25, -0.2) is 13.4 Å². The number of carbonyl (C=O) groups excluding carboxylic acids is 1. The van der Waals surface area contributed by atoms with Gasteiger partial charge in [-0.3, -0.25) is 10.1 Å². The zero-order valence-corrected chi connectivity index (χ0v) is 20.1. The molecule has 1 N–H and O–H groups in total. The Hall–Kier alpha value is -3.07. The van der Waals surface area contributed by atoms with Crippen LogP contribution in [0.25, 0.3) is 32.5 Å². The van der Waals surface area contributed by atoms with Gasteiger partial charge in [0.05, 0.1) is 15.5 Å². The van der Waals surface area contributed by atoms with E-state index in [0.29, 0.717) is 23.8 Å². The first-order valence-electron chi connectivity index (χ1n) is 11.5. The van der Waals surface area contributed by atoms with Crippen molar-refractivity contribution in [2.45, 2.75) is 30.6 Å². The Bertz CT molecular complexity index is 1460. The maximum atomic E-state index is 13.0. The number of hydrogen-bond acceptors (Lipinski definition) is 5. The second kappa shape index (κ2) is 8.30. The fourth-order valence-electron chi connectivity index (χ4n) is 4.84. The Morgan fingerprint density at radius 1 is 0.882 bits per heavy atom. The third-order valence-corrected chi connectivity index (χ3v) is 9.49. The van der Waals surface area contributed by atoms with Crippen LogP contribution in [0.4, 0.5) is 5.13 Å². The summed E-state index contributed by atoms with van der Waals surface area (Å²) in [7, 11) is -3.54. The summed E-state index contributed by atoms with van der Waals surface area (Å²) in [5, 5.41) is 5.81. The molecule has 1 saturated heterocycles. The summed E-state index contributed by atoms with van der Waals surface area (Å²) in [6.07, 6.45) is 3.89. The minimum atomic E-state index is -3.54. The number of carbonyl (C=O) groups is 1. The van der Waals surface area contributed by atoms with Gasteiger partial charge in [0.1, 0.15) is 0 Å². The van der Waals surface area contributed by atoms with Gasteiger partial charge in [-0.15, -0.1) is 0 Å². The van der Waals surface area contributed by atoms with Gasteiger partial charge >= 0.3 is 0 Å². The molecule has 3 aromatic carbocycles. The van der Waals surface area contributed by atoms with Crippen LogP contribution in [0.5, 0.6) is 0 Å². The van der Waals surface area contributed by atoms with Crippen LogP contribution in [-0.2, 0) is 10.0 Å². The second-order valence-electron chi connectivity index (χ2n) is 8.70. The van der Waals surface area contributed by atoms with Gasteiger partial charge in [-0.1, -0.05) is 60.6 Å². The van der Waals surface area contributed by atoms with Crippen LogP contribution in [0.2, 0.25) is 0 Å². The number of benzene rings is 3. The van der Waals surface area contributed by atoms with Gasteiger partial charge in [0.2, 0.25) is 10.0 Å². The van der Waals surface area contributed by atoms with Crippen molar-refractivity contribution in [3.05, 3.63) is 66.2 Å². The van der Waals surface area contributed by atoms with E-state index >= 15 is 0 Å². The molecule has 0 spiro atoms. The van der Waals surface area contributed by atoms with Crippen LogP contribution in [-0.4, -0.2) is 36.7 Å². The van der Waals surface area contributed by atoms with Crippen molar-refractivity contribution < 1.29 is 13.2 Å². The van der Waals surface area contributed by atoms with E-state index in [2.05, 4.69) is 29.6 Å². The Kier molecular flexibility index (Phi) is 5.24. The Balaban J connectivity index is 1.22. The quantitative estimate of drug-likeness (QED) is 0.348. The molecule has 34 heavy (non-hydrogen) atoms. The molecule has 0 bridgehead atoms. The van der Waals surface area contributed by atoms with Crippen LogP contribution in [0.3, 0.4) is 0 Å². The Morgan fingerprint density at radius 2 is 1.56 bits per heavy atom. The number of fused-ring (bicyclic) bond motifs is 3. The lowest BCUT2D eigenvalue weighted by molar-refractivity contribution is 0.102. The smallest absolute Gasteiger partial charge is 0.257 e. The van der Waals surface area contributed by atoms with Crippen LogP contribution in [0, 0.1) is 0 Å². The predicted molar refractivity (Wildman–Crippen MR) is 136 cm³/mol. The van der Waals surface area contributed by atoms with Crippen LogP contribution >= 0.6 is 11.3 Å². The van der Waals surface area contributed by atoms with Gasteiger partial charge in [-0.05, 0) is 47.9 Å².